The first kappa shape index (κ1) is 76.2. The summed E-state index contributed by atoms with van der Waals surface area (Å²) in [4.78, 5) is 37.9. The predicted molar refractivity (Wildman–Crippen MR) is 337 cm³/mol. The molecule has 0 aromatic carbocycles. The van der Waals surface area contributed by atoms with Crippen molar-refractivity contribution in [1.82, 2.24) is 0 Å². The molecule has 2 unspecified atom stereocenters. The van der Waals surface area contributed by atoms with Crippen LogP contribution in [0.3, 0.4) is 0 Å². The van der Waals surface area contributed by atoms with Crippen molar-refractivity contribution >= 4 is 19.8 Å². The molecule has 0 spiro atoms. The second kappa shape index (κ2) is 59.8. The van der Waals surface area contributed by atoms with Crippen LogP contribution in [0.5, 0.6) is 0 Å². The molecule has 10 heteroatoms. The number of quaternary nitrogens is 1. The highest BCUT2D eigenvalue weighted by atomic mass is 31.2. The molecule has 458 valence electrons. The zero-order valence-electron chi connectivity index (χ0n) is 52.1. The Kier molecular flexibility index (Phi) is 57.7. The summed E-state index contributed by atoms with van der Waals surface area (Å²) in [6, 6.07) is 0. The van der Waals surface area contributed by atoms with Crippen molar-refractivity contribution in [2.75, 3.05) is 47.5 Å². The van der Waals surface area contributed by atoms with Crippen molar-refractivity contribution < 1.29 is 42.1 Å². The number of ether oxygens (including phenoxy) is 2. The zero-order valence-corrected chi connectivity index (χ0v) is 52.9. The molecule has 0 aromatic heterocycles. The maximum atomic E-state index is 12.8. The Labute approximate surface area is 488 Å². The van der Waals surface area contributed by atoms with Crippen LogP contribution in [0.25, 0.3) is 0 Å². The van der Waals surface area contributed by atoms with E-state index in [1.807, 2.05) is 21.1 Å². The average Bonchev–Trinajstić information content (AvgIpc) is 3.41. The molecular formula is C69H124NO8P. The number of unbranched alkanes of at least 4 members (excludes halogenated alkanes) is 32. The lowest BCUT2D eigenvalue weighted by molar-refractivity contribution is -0.870. The van der Waals surface area contributed by atoms with Crippen LogP contribution in [0.15, 0.2) is 85.1 Å². The summed E-state index contributed by atoms with van der Waals surface area (Å²) in [5.41, 5.74) is 0. The van der Waals surface area contributed by atoms with Crippen molar-refractivity contribution in [2.24, 2.45) is 0 Å². The largest absolute Gasteiger partial charge is 0.756 e. The molecule has 0 rings (SSSR count). The fraction of sp³-hybridized carbons (Fsp3) is 0.768. The number of esters is 2. The fourth-order valence-electron chi connectivity index (χ4n) is 9.17. The highest BCUT2D eigenvalue weighted by Crippen LogP contribution is 2.38. The lowest BCUT2D eigenvalue weighted by Crippen LogP contribution is -2.37. The number of phosphoric acid groups is 1. The minimum Gasteiger partial charge on any atom is -0.756 e. The molecule has 0 heterocycles. The number of hydrogen-bond donors (Lipinski definition) is 0. The van der Waals surface area contributed by atoms with Crippen LogP contribution >= 0.6 is 7.82 Å². The molecule has 0 aliphatic carbocycles. The first-order valence-corrected chi connectivity index (χ1v) is 34.3. The first-order chi connectivity index (χ1) is 38.5. The third kappa shape index (κ3) is 64.2. The summed E-state index contributed by atoms with van der Waals surface area (Å²) in [5.74, 6) is -0.821. The molecule has 0 amide bonds. The van der Waals surface area contributed by atoms with Crippen molar-refractivity contribution in [3.05, 3.63) is 85.1 Å². The summed E-state index contributed by atoms with van der Waals surface area (Å²) in [5, 5.41) is 0. The summed E-state index contributed by atoms with van der Waals surface area (Å²) in [6.07, 6.45) is 80.9. The number of hydrogen-bond acceptors (Lipinski definition) is 8. The van der Waals surface area contributed by atoms with Crippen LogP contribution < -0.4 is 4.89 Å². The third-order valence-electron chi connectivity index (χ3n) is 14.2. The fourth-order valence-corrected chi connectivity index (χ4v) is 9.90. The number of carbonyl (C=O) groups excluding carboxylic acids is 2. The topological polar surface area (TPSA) is 111 Å². The maximum Gasteiger partial charge on any atom is 0.306 e. The van der Waals surface area contributed by atoms with Crippen LogP contribution in [-0.4, -0.2) is 70.0 Å². The Balaban J connectivity index is 3.93. The van der Waals surface area contributed by atoms with Gasteiger partial charge in [-0.05, 0) is 70.6 Å². The van der Waals surface area contributed by atoms with E-state index in [0.717, 1.165) is 83.5 Å². The molecule has 2 atom stereocenters. The van der Waals surface area contributed by atoms with Gasteiger partial charge in [-0.3, -0.25) is 14.2 Å². The molecule has 0 N–H and O–H groups in total. The summed E-state index contributed by atoms with van der Waals surface area (Å²) in [7, 11) is 1.18. The quantitative estimate of drug-likeness (QED) is 0.0195. The molecule has 0 bridgehead atoms. The SMILES string of the molecule is CC/C=C\C/C=C\C/C=C\C/C=C\C/C=C\C/C=C\C/C=C\CCCCCCCCCCCCCCCCCCCCCC(=O)OC(COC(=O)CCCCCCCCCCCCCCCC)COP(=O)([O-])OCC[N+](C)(C)C. The summed E-state index contributed by atoms with van der Waals surface area (Å²) < 4.78 is 34.2. The van der Waals surface area contributed by atoms with Crippen LogP contribution in [0.4, 0.5) is 0 Å². The Bertz CT molecular complexity index is 1610. The van der Waals surface area contributed by atoms with Gasteiger partial charge < -0.3 is 27.9 Å². The van der Waals surface area contributed by atoms with Crippen molar-refractivity contribution in [3.8, 4) is 0 Å². The number of allylic oxidation sites excluding steroid dienone is 14. The van der Waals surface area contributed by atoms with Gasteiger partial charge in [-0.2, -0.15) is 0 Å². The smallest absolute Gasteiger partial charge is 0.306 e. The van der Waals surface area contributed by atoms with Crippen LogP contribution in [-0.2, 0) is 32.7 Å². The van der Waals surface area contributed by atoms with Crippen LogP contribution in [0.1, 0.15) is 290 Å². The Morgan fingerprint density at radius 3 is 1.08 bits per heavy atom. The predicted octanol–water partition coefficient (Wildman–Crippen LogP) is 20.4. The molecule has 9 nitrogen and oxygen atoms in total. The molecule has 0 aliphatic heterocycles. The van der Waals surface area contributed by atoms with E-state index in [-0.39, 0.29) is 32.0 Å². The van der Waals surface area contributed by atoms with Gasteiger partial charge in [0.15, 0.2) is 6.10 Å². The molecule has 0 aliphatic rings. The second-order valence-corrected chi connectivity index (χ2v) is 24.5. The molecule has 0 radical (unpaired) electrons. The zero-order chi connectivity index (χ0) is 57.7. The minimum absolute atomic E-state index is 0.0299. The van der Waals surface area contributed by atoms with Gasteiger partial charge in [0, 0.05) is 12.8 Å². The minimum atomic E-state index is -4.63. The Morgan fingerprint density at radius 1 is 0.405 bits per heavy atom. The number of nitrogens with zero attached hydrogens (tertiary/aromatic N) is 1. The average molecular weight is 1130 g/mol. The molecular weight excluding hydrogens is 1000 g/mol. The van der Waals surface area contributed by atoms with E-state index < -0.39 is 26.5 Å². The normalized spacial score (nSPS) is 13.7. The Morgan fingerprint density at radius 2 is 0.722 bits per heavy atom. The van der Waals surface area contributed by atoms with E-state index >= 15 is 0 Å². The lowest BCUT2D eigenvalue weighted by Gasteiger charge is -2.28. The Hall–Kier alpha value is -2.81. The van der Waals surface area contributed by atoms with Gasteiger partial charge in [0.1, 0.15) is 19.8 Å². The van der Waals surface area contributed by atoms with Gasteiger partial charge in [0.25, 0.3) is 7.82 Å². The van der Waals surface area contributed by atoms with E-state index in [9.17, 15) is 19.0 Å². The maximum absolute atomic E-state index is 12.8. The van der Waals surface area contributed by atoms with E-state index in [1.54, 1.807) is 0 Å². The van der Waals surface area contributed by atoms with Crippen molar-refractivity contribution in [3.63, 3.8) is 0 Å². The summed E-state index contributed by atoms with van der Waals surface area (Å²) in [6.45, 7) is 4.15. The number of likely N-dealkylation sites (N-methyl/N-ethyl adjacent to an activating group) is 1. The first-order valence-electron chi connectivity index (χ1n) is 32.8. The van der Waals surface area contributed by atoms with Gasteiger partial charge in [0.05, 0.1) is 27.7 Å². The number of rotatable bonds is 60. The lowest BCUT2D eigenvalue weighted by atomic mass is 10.0. The van der Waals surface area contributed by atoms with E-state index in [2.05, 4.69) is 98.9 Å². The highest BCUT2D eigenvalue weighted by Gasteiger charge is 2.22. The van der Waals surface area contributed by atoms with Gasteiger partial charge in [0.2, 0.25) is 0 Å². The number of phosphoric ester groups is 1. The molecule has 79 heavy (non-hydrogen) atoms. The summed E-state index contributed by atoms with van der Waals surface area (Å²) >= 11 is 0. The van der Waals surface area contributed by atoms with E-state index in [1.165, 1.54) is 173 Å². The highest BCUT2D eigenvalue weighted by molar-refractivity contribution is 7.45. The third-order valence-corrected chi connectivity index (χ3v) is 15.1. The van der Waals surface area contributed by atoms with Gasteiger partial charge in [-0.15, -0.1) is 0 Å². The van der Waals surface area contributed by atoms with Gasteiger partial charge in [-0.1, -0.05) is 292 Å². The van der Waals surface area contributed by atoms with Gasteiger partial charge >= 0.3 is 11.9 Å². The molecule has 0 fully saturated rings. The van der Waals surface area contributed by atoms with Crippen molar-refractivity contribution in [2.45, 2.75) is 296 Å². The monoisotopic (exact) mass is 1130 g/mol. The van der Waals surface area contributed by atoms with Crippen LogP contribution in [0, 0.1) is 0 Å². The molecule has 0 aromatic rings. The standard InChI is InChI=1S/C69H124NO8P/c1-6-8-10-12-14-16-18-20-22-23-24-25-26-27-28-29-30-31-32-33-34-35-36-37-38-39-40-41-42-43-44-45-46-47-48-50-52-54-56-58-60-62-69(72)78-67(66-77-79(73,74)76-64-63-70(3,4)5)65-75-68(71)61-59-57-55-53-51-49-21-19-17-15-13-11-9-7-2/h8,10,14,16,20,22,24-25,27-28,30-31,33-34,67H,6-7,9,11-13,15,17-19,21,23,26,29,32,35-66H2,1-5H3/b10-8-,16-14-,22-20-,25-24-,28-27-,31-30-,34-33-. The van der Waals surface area contributed by atoms with Crippen LogP contribution in [0.2, 0.25) is 0 Å². The number of carbonyl (C=O) groups is 2. The van der Waals surface area contributed by atoms with E-state index in [0.29, 0.717) is 17.4 Å². The molecule has 0 saturated carbocycles. The second-order valence-electron chi connectivity index (χ2n) is 23.1. The van der Waals surface area contributed by atoms with E-state index in [4.69, 9.17) is 18.5 Å². The van der Waals surface area contributed by atoms with Gasteiger partial charge in [-0.25, -0.2) is 0 Å². The van der Waals surface area contributed by atoms with Crippen molar-refractivity contribution in [1.29, 1.82) is 0 Å². The molecule has 0 saturated heterocycles.